The van der Waals surface area contributed by atoms with Gasteiger partial charge in [0.15, 0.2) is 0 Å². The molecule has 4 aliphatic carbocycles. The molecule has 9 heteroatoms. The third-order valence-corrected chi connectivity index (χ3v) is 9.97. The van der Waals surface area contributed by atoms with Crippen molar-refractivity contribution in [2.45, 2.75) is 77.2 Å². The van der Waals surface area contributed by atoms with Gasteiger partial charge >= 0.3 is 5.69 Å². The average Bonchev–Trinajstić information content (AvgIpc) is 3.05. The zero-order valence-electron chi connectivity index (χ0n) is 19.8. The fraction of sp³-hybridized carbons (Fsp3) is 0.720. The van der Waals surface area contributed by atoms with Gasteiger partial charge in [0.25, 0.3) is 5.69 Å². The number of nitro benzene ring substituents is 2. The molecule has 7 atom stereocenters. The molecule has 0 heterocycles. The van der Waals surface area contributed by atoms with E-state index in [1.54, 1.807) is 0 Å². The number of rotatable bonds is 4. The highest BCUT2D eigenvalue weighted by atomic mass is 16.7. The van der Waals surface area contributed by atoms with Gasteiger partial charge in [-0.2, -0.15) is 0 Å². The van der Waals surface area contributed by atoms with Gasteiger partial charge in [0.2, 0.25) is 5.75 Å². The molecular formula is C25H33N3O6. The van der Waals surface area contributed by atoms with E-state index in [4.69, 9.17) is 4.84 Å². The second kappa shape index (κ2) is 8.29. The van der Waals surface area contributed by atoms with Crippen LogP contribution in [0.1, 0.15) is 71.6 Å². The van der Waals surface area contributed by atoms with E-state index in [9.17, 15) is 25.3 Å². The van der Waals surface area contributed by atoms with Crippen molar-refractivity contribution >= 4 is 17.1 Å². The van der Waals surface area contributed by atoms with Crippen molar-refractivity contribution < 1.29 is 19.8 Å². The lowest BCUT2D eigenvalue weighted by atomic mass is 9.49. The topological polar surface area (TPSA) is 128 Å². The Bertz CT molecular complexity index is 1040. The summed E-state index contributed by atoms with van der Waals surface area (Å²) in [5.74, 6) is 3.17. The van der Waals surface area contributed by atoms with E-state index in [1.165, 1.54) is 25.0 Å². The fourth-order valence-electron chi connectivity index (χ4n) is 7.95. The van der Waals surface area contributed by atoms with Crippen molar-refractivity contribution in [1.29, 1.82) is 0 Å². The fourth-order valence-corrected chi connectivity index (χ4v) is 7.95. The van der Waals surface area contributed by atoms with E-state index in [2.05, 4.69) is 12.1 Å². The Kier molecular flexibility index (Phi) is 5.66. The Balaban J connectivity index is 1.27. The summed E-state index contributed by atoms with van der Waals surface area (Å²) >= 11 is 0. The molecular weight excluding hydrogens is 438 g/mol. The highest BCUT2D eigenvalue weighted by Crippen LogP contribution is 2.65. The van der Waals surface area contributed by atoms with Gasteiger partial charge in [-0.3, -0.25) is 20.2 Å². The number of nitrogens with zero attached hydrogens (tertiary/aromatic N) is 3. The molecule has 0 amide bonds. The SMILES string of the molecule is C[C@]1(O)CC[C@H]2[C@@H]3CC[C@H]4C/C(=N/Oc5ccc([N+](=O)[O-])cc5[N+](=O)[O-])CC[C@@H]4[C@H]3CC[C@@]21C. The van der Waals surface area contributed by atoms with Crippen LogP contribution in [-0.2, 0) is 0 Å². The third kappa shape index (κ3) is 3.68. The second-order valence-corrected chi connectivity index (χ2v) is 11.4. The van der Waals surface area contributed by atoms with Gasteiger partial charge in [-0.1, -0.05) is 12.1 Å². The highest BCUT2D eigenvalue weighted by molar-refractivity contribution is 5.85. The van der Waals surface area contributed by atoms with Gasteiger partial charge in [0.1, 0.15) is 0 Å². The molecule has 4 saturated carbocycles. The first-order valence-corrected chi connectivity index (χ1v) is 12.5. The van der Waals surface area contributed by atoms with Crippen LogP contribution in [0, 0.1) is 55.2 Å². The summed E-state index contributed by atoms with van der Waals surface area (Å²) in [6, 6.07) is 3.34. The summed E-state index contributed by atoms with van der Waals surface area (Å²) in [7, 11) is 0. The lowest BCUT2D eigenvalue weighted by molar-refractivity contribution is -0.394. The number of benzene rings is 1. The first-order chi connectivity index (χ1) is 16.1. The van der Waals surface area contributed by atoms with Crippen molar-refractivity contribution in [1.82, 2.24) is 0 Å². The minimum Gasteiger partial charge on any atom is -0.390 e. The molecule has 4 fully saturated rings. The number of oxime groups is 1. The maximum Gasteiger partial charge on any atom is 0.321 e. The van der Waals surface area contributed by atoms with Gasteiger partial charge < -0.3 is 9.94 Å². The molecule has 34 heavy (non-hydrogen) atoms. The molecule has 0 saturated heterocycles. The van der Waals surface area contributed by atoms with Gasteiger partial charge in [0, 0.05) is 6.07 Å². The molecule has 9 nitrogen and oxygen atoms in total. The summed E-state index contributed by atoms with van der Waals surface area (Å²) in [6.45, 7) is 4.35. The smallest absolute Gasteiger partial charge is 0.321 e. The number of aliphatic hydroxyl groups is 1. The van der Waals surface area contributed by atoms with Gasteiger partial charge in [-0.15, -0.1) is 0 Å². The summed E-state index contributed by atoms with van der Waals surface area (Å²) < 4.78 is 0. The highest BCUT2D eigenvalue weighted by Gasteiger charge is 2.60. The molecule has 0 spiro atoms. The van der Waals surface area contributed by atoms with Crippen LogP contribution in [0.4, 0.5) is 11.4 Å². The molecule has 5 rings (SSSR count). The Labute approximate surface area is 198 Å². The molecule has 4 aliphatic rings. The van der Waals surface area contributed by atoms with Crippen LogP contribution in [0.3, 0.4) is 0 Å². The molecule has 0 aromatic heterocycles. The van der Waals surface area contributed by atoms with Crippen LogP contribution in [0.15, 0.2) is 23.4 Å². The van der Waals surface area contributed by atoms with E-state index < -0.39 is 21.1 Å². The van der Waals surface area contributed by atoms with Crippen molar-refractivity contribution in [3.8, 4) is 5.75 Å². The van der Waals surface area contributed by atoms with E-state index in [0.29, 0.717) is 29.6 Å². The third-order valence-electron chi connectivity index (χ3n) is 9.97. The maximum absolute atomic E-state index is 11.3. The standard InChI is InChI=1S/C25H33N3O6/c1-24-11-9-19-18-7-4-16(13-15(18)3-6-20(19)21(24)10-12-25(24,2)29)26-34-23-8-5-17(27(30)31)14-22(23)28(32)33/h5,8,14-15,18-21,29H,3-4,6-7,9-13H2,1-2H3/b26-16+/t15-,18-,19+,20+,21-,24-,25-/m0/s1. The zero-order chi connectivity index (χ0) is 24.3. The number of nitro groups is 2. The van der Waals surface area contributed by atoms with Crippen LogP contribution in [0.5, 0.6) is 5.75 Å². The molecule has 1 aromatic rings. The largest absolute Gasteiger partial charge is 0.390 e. The Hall–Kier alpha value is -2.55. The number of hydrogen-bond acceptors (Lipinski definition) is 7. The minimum absolute atomic E-state index is 0.0373. The number of non-ortho nitro benzene ring substituents is 1. The van der Waals surface area contributed by atoms with Crippen LogP contribution < -0.4 is 4.84 Å². The van der Waals surface area contributed by atoms with Gasteiger partial charge in [-0.25, -0.2) is 0 Å². The monoisotopic (exact) mass is 471 g/mol. The first kappa shape index (κ1) is 23.2. The summed E-state index contributed by atoms with van der Waals surface area (Å²) in [5, 5.41) is 37.6. The van der Waals surface area contributed by atoms with Gasteiger partial charge in [0.05, 0.1) is 27.2 Å². The van der Waals surface area contributed by atoms with Crippen molar-refractivity contribution in [3.63, 3.8) is 0 Å². The Morgan fingerprint density at radius 3 is 2.53 bits per heavy atom. The normalized spacial score (nSPS) is 40.2. The predicted octanol–water partition coefficient (Wildman–Crippen LogP) is 5.64. The van der Waals surface area contributed by atoms with Crippen LogP contribution in [0.2, 0.25) is 0 Å². The molecule has 1 aromatic carbocycles. The molecule has 0 unspecified atom stereocenters. The summed E-state index contributed by atoms with van der Waals surface area (Å²) in [6.07, 6.45) is 9.39. The zero-order valence-corrected chi connectivity index (χ0v) is 19.8. The van der Waals surface area contributed by atoms with Crippen molar-refractivity contribution in [3.05, 3.63) is 38.4 Å². The summed E-state index contributed by atoms with van der Waals surface area (Å²) in [4.78, 5) is 26.4. The average molecular weight is 472 g/mol. The van der Waals surface area contributed by atoms with E-state index in [1.807, 2.05) is 6.92 Å². The predicted molar refractivity (Wildman–Crippen MR) is 126 cm³/mol. The van der Waals surface area contributed by atoms with Crippen molar-refractivity contribution in [2.24, 2.45) is 40.2 Å². The second-order valence-electron chi connectivity index (χ2n) is 11.4. The lowest BCUT2D eigenvalue weighted by Crippen LogP contribution is -2.52. The van der Waals surface area contributed by atoms with Crippen molar-refractivity contribution in [2.75, 3.05) is 0 Å². The molecule has 184 valence electrons. The van der Waals surface area contributed by atoms with Gasteiger partial charge in [-0.05, 0) is 106 Å². The molecule has 0 radical (unpaired) electrons. The molecule has 0 aliphatic heterocycles. The Morgan fingerprint density at radius 2 is 1.79 bits per heavy atom. The number of fused-ring (bicyclic) bond motifs is 5. The summed E-state index contributed by atoms with van der Waals surface area (Å²) in [5.41, 5.74) is -0.405. The number of hydrogen-bond donors (Lipinski definition) is 1. The van der Waals surface area contributed by atoms with E-state index in [-0.39, 0.29) is 16.9 Å². The molecule has 0 bridgehead atoms. The maximum atomic E-state index is 11.3. The van der Waals surface area contributed by atoms with E-state index >= 15 is 0 Å². The quantitative estimate of drug-likeness (QED) is 0.447. The van der Waals surface area contributed by atoms with Crippen LogP contribution in [0.25, 0.3) is 0 Å². The van der Waals surface area contributed by atoms with Crippen LogP contribution >= 0.6 is 0 Å². The van der Waals surface area contributed by atoms with Crippen LogP contribution in [-0.4, -0.2) is 26.3 Å². The minimum atomic E-state index is -0.683. The Morgan fingerprint density at radius 1 is 1.00 bits per heavy atom. The lowest BCUT2D eigenvalue weighted by Gasteiger charge is -2.56. The first-order valence-electron chi connectivity index (χ1n) is 12.5. The molecule has 1 N–H and O–H groups in total. The van der Waals surface area contributed by atoms with E-state index in [0.717, 1.165) is 56.7 Å².